The fourth-order valence-electron chi connectivity index (χ4n) is 5.22. The monoisotopic (exact) mass is 592 g/mol. The topological polar surface area (TPSA) is 129 Å². The van der Waals surface area contributed by atoms with Crippen LogP contribution in [0.15, 0.2) is 91.5 Å². The predicted molar refractivity (Wildman–Crippen MR) is 171 cm³/mol. The number of fused-ring (bicyclic) bond motifs is 1. The van der Waals surface area contributed by atoms with E-state index < -0.39 is 6.04 Å². The summed E-state index contributed by atoms with van der Waals surface area (Å²) in [6.07, 6.45) is 8.38. The number of H-pyrrole nitrogens is 1. The maximum atomic E-state index is 13.6. The van der Waals surface area contributed by atoms with Crippen LogP contribution >= 0.6 is 0 Å². The number of carbonyl (C=O) groups is 2. The molecular formula is C34H40N8O2. The quantitative estimate of drug-likeness (QED) is 0.116. The van der Waals surface area contributed by atoms with Gasteiger partial charge in [-0.2, -0.15) is 0 Å². The second-order valence-electron chi connectivity index (χ2n) is 10.9. The number of aromatic amines is 1. The highest BCUT2D eigenvalue weighted by Crippen LogP contribution is 2.24. The summed E-state index contributed by atoms with van der Waals surface area (Å²) in [6, 6.07) is 20.8. The van der Waals surface area contributed by atoms with E-state index in [1.165, 1.54) is 0 Å². The van der Waals surface area contributed by atoms with Crippen molar-refractivity contribution in [3.63, 3.8) is 0 Å². The first kappa shape index (κ1) is 30.7. The summed E-state index contributed by atoms with van der Waals surface area (Å²) < 4.78 is 1.98. The minimum absolute atomic E-state index is 0.208. The van der Waals surface area contributed by atoms with Crippen LogP contribution in [0.1, 0.15) is 58.9 Å². The number of hydrogen-bond acceptors (Lipinski definition) is 6. The van der Waals surface area contributed by atoms with Crippen LogP contribution in [0.4, 0.5) is 0 Å². The van der Waals surface area contributed by atoms with Gasteiger partial charge in [0, 0.05) is 43.9 Å². The second-order valence-corrected chi connectivity index (χ2v) is 10.9. The van der Waals surface area contributed by atoms with E-state index in [4.69, 9.17) is 0 Å². The van der Waals surface area contributed by atoms with Gasteiger partial charge in [-0.15, -0.1) is 0 Å². The highest BCUT2D eigenvalue weighted by molar-refractivity contribution is 5.97. The summed E-state index contributed by atoms with van der Waals surface area (Å²) in [5.74, 6) is 1.32. The van der Waals surface area contributed by atoms with Gasteiger partial charge in [0.2, 0.25) is 5.91 Å². The zero-order chi connectivity index (χ0) is 30.7. The average molecular weight is 593 g/mol. The Morgan fingerprint density at radius 1 is 0.886 bits per heavy atom. The van der Waals surface area contributed by atoms with Gasteiger partial charge in [-0.3, -0.25) is 9.59 Å². The predicted octanol–water partition coefficient (Wildman–Crippen LogP) is 4.13. The molecule has 0 aliphatic rings. The Morgan fingerprint density at radius 2 is 1.70 bits per heavy atom. The number of amides is 2. The summed E-state index contributed by atoms with van der Waals surface area (Å²) in [5, 5.41) is 15.1. The molecule has 10 heteroatoms. The van der Waals surface area contributed by atoms with Crippen molar-refractivity contribution in [3.8, 4) is 0 Å². The zero-order valence-electron chi connectivity index (χ0n) is 25.2. The number of benzene rings is 3. The maximum Gasteiger partial charge on any atom is 0.251 e. The fourth-order valence-corrected chi connectivity index (χ4v) is 5.22. The van der Waals surface area contributed by atoms with Crippen LogP contribution in [0.3, 0.4) is 0 Å². The molecule has 0 aliphatic carbocycles. The molecule has 3 aromatic carbocycles. The molecule has 44 heavy (non-hydrogen) atoms. The van der Waals surface area contributed by atoms with Crippen LogP contribution in [0, 0.1) is 0 Å². The van der Waals surface area contributed by atoms with Crippen LogP contribution in [-0.4, -0.2) is 43.9 Å². The van der Waals surface area contributed by atoms with E-state index in [2.05, 4.69) is 54.4 Å². The third kappa shape index (κ3) is 8.18. The Balaban J connectivity index is 1.20. The number of hydrogen-bond donors (Lipinski definition) is 5. The lowest BCUT2D eigenvalue weighted by molar-refractivity contribution is -0.123. The van der Waals surface area contributed by atoms with Crippen LogP contribution in [0.25, 0.3) is 10.8 Å². The summed E-state index contributed by atoms with van der Waals surface area (Å²) in [5.41, 5.74) is 2.60. The van der Waals surface area contributed by atoms with Gasteiger partial charge < -0.3 is 30.8 Å². The molecule has 5 rings (SSSR count). The molecule has 0 saturated carbocycles. The number of nitrogens with one attached hydrogen (secondary N) is 5. The van der Waals surface area contributed by atoms with Gasteiger partial charge in [-0.05, 0) is 60.3 Å². The summed E-state index contributed by atoms with van der Waals surface area (Å²) in [6.45, 7) is 4.56. The number of aryl methyl sites for hydroxylation is 1. The smallest absolute Gasteiger partial charge is 0.251 e. The molecule has 0 bridgehead atoms. The van der Waals surface area contributed by atoms with Crippen LogP contribution in [0.2, 0.25) is 0 Å². The number of nitrogens with zero attached hydrogens (tertiary/aromatic N) is 3. The van der Waals surface area contributed by atoms with Crippen molar-refractivity contribution in [1.29, 1.82) is 0 Å². The Bertz CT molecular complexity index is 1640. The molecule has 0 spiro atoms. The Labute approximate surface area is 257 Å². The summed E-state index contributed by atoms with van der Waals surface area (Å²) in [7, 11) is 1.96. The highest BCUT2D eigenvalue weighted by atomic mass is 16.2. The van der Waals surface area contributed by atoms with Crippen LogP contribution in [-0.2, 0) is 31.5 Å². The van der Waals surface area contributed by atoms with E-state index in [0.29, 0.717) is 44.6 Å². The fraction of sp³-hybridized carbons (Fsp3) is 0.294. The molecule has 5 aromatic rings. The lowest BCUT2D eigenvalue weighted by Crippen LogP contribution is -2.47. The number of carbonyl (C=O) groups excluding carboxylic acids is 2. The van der Waals surface area contributed by atoms with Gasteiger partial charge >= 0.3 is 0 Å². The normalized spacial score (nSPS) is 12.6. The lowest BCUT2D eigenvalue weighted by Gasteiger charge is -2.23. The summed E-state index contributed by atoms with van der Waals surface area (Å²) >= 11 is 0. The van der Waals surface area contributed by atoms with Crippen molar-refractivity contribution in [2.75, 3.05) is 6.54 Å². The van der Waals surface area contributed by atoms with Gasteiger partial charge in [0.1, 0.15) is 17.7 Å². The molecule has 2 heterocycles. The van der Waals surface area contributed by atoms with E-state index in [-0.39, 0.29) is 17.9 Å². The van der Waals surface area contributed by atoms with E-state index in [1.807, 2.05) is 61.1 Å². The van der Waals surface area contributed by atoms with Crippen molar-refractivity contribution in [1.82, 2.24) is 40.8 Å². The standard InChI is InChI=1S/C34H40N8O2/c1-24(28-10-5-8-26-7-3-4-9-29(26)28)40-34(44)30(11-6-16-35-22-31-37-17-18-38-31)41-33(43)27-14-12-25(13-15-27)21-36-23-32-39-19-20-42(32)2/h3-5,7-10,12-15,17-20,24,30,35-36H,6,11,16,21-23H2,1-2H3,(H,37,38)(H,40,44)(H,41,43)/t24-,30-/m0/s1. The van der Waals surface area contributed by atoms with Crippen LogP contribution < -0.4 is 21.3 Å². The van der Waals surface area contributed by atoms with Crippen molar-refractivity contribution < 1.29 is 9.59 Å². The van der Waals surface area contributed by atoms with Crippen molar-refractivity contribution >= 4 is 22.6 Å². The van der Waals surface area contributed by atoms with E-state index in [9.17, 15) is 9.59 Å². The van der Waals surface area contributed by atoms with Crippen molar-refractivity contribution in [2.24, 2.45) is 7.05 Å². The van der Waals surface area contributed by atoms with Crippen LogP contribution in [0.5, 0.6) is 0 Å². The molecular weight excluding hydrogens is 552 g/mol. The number of imidazole rings is 2. The van der Waals surface area contributed by atoms with Gasteiger partial charge in [0.15, 0.2) is 0 Å². The van der Waals surface area contributed by atoms with Gasteiger partial charge in [0.05, 0.1) is 19.1 Å². The average Bonchev–Trinajstić information content (AvgIpc) is 3.72. The third-order valence-electron chi connectivity index (χ3n) is 7.71. The van der Waals surface area contributed by atoms with E-state index in [1.54, 1.807) is 30.7 Å². The molecule has 2 amide bonds. The second kappa shape index (κ2) is 15.1. The molecule has 10 nitrogen and oxygen atoms in total. The molecule has 0 fully saturated rings. The summed E-state index contributed by atoms with van der Waals surface area (Å²) in [4.78, 5) is 38.5. The van der Waals surface area contributed by atoms with Gasteiger partial charge in [0.25, 0.3) is 5.91 Å². The first-order valence-electron chi connectivity index (χ1n) is 15.0. The molecule has 2 aromatic heterocycles. The first-order chi connectivity index (χ1) is 21.5. The molecule has 0 aliphatic heterocycles. The minimum Gasteiger partial charge on any atom is -0.348 e. The Kier molecular flexibility index (Phi) is 10.5. The van der Waals surface area contributed by atoms with E-state index in [0.717, 1.165) is 33.5 Å². The lowest BCUT2D eigenvalue weighted by atomic mass is 9.99. The Hall–Kier alpha value is -4.80. The highest BCUT2D eigenvalue weighted by Gasteiger charge is 2.23. The third-order valence-corrected chi connectivity index (χ3v) is 7.71. The Morgan fingerprint density at radius 3 is 2.48 bits per heavy atom. The van der Waals surface area contributed by atoms with Crippen molar-refractivity contribution in [2.45, 2.75) is 51.5 Å². The molecule has 0 radical (unpaired) electrons. The SMILES string of the molecule is C[C@H](NC(=O)[C@H](CCCNCc1ncc[nH]1)NC(=O)c1ccc(CNCc2nccn2C)cc1)c1cccc2ccccc12. The van der Waals surface area contributed by atoms with Gasteiger partial charge in [-0.1, -0.05) is 54.6 Å². The van der Waals surface area contributed by atoms with Gasteiger partial charge in [-0.25, -0.2) is 9.97 Å². The molecule has 228 valence electrons. The minimum atomic E-state index is -0.690. The number of aromatic nitrogens is 4. The van der Waals surface area contributed by atoms with Crippen molar-refractivity contribution in [3.05, 3.63) is 120 Å². The molecule has 0 saturated heterocycles. The largest absolute Gasteiger partial charge is 0.348 e. The zero-order valence-corrected chi connectivity index (χ0v) is 25.2. The molecule has 0 unspecified atom stereocenters. The van der Waals surface area contributed by atoms with E-state index >= 15 is 0 Å². The molecule has 2 atom stereocenters. The number of rotatable bonds is 15. The first-order valence-corrected chi connectivity index (χ1v) is 15.0. The maximum absolute atomic E-state index is 13.6. The molecule has 5 N–H and O–H groups in total.